The highest BCUT2D eigenvalue weighted by molar-refractivity contribution is 6.39. The van der Waals surface area contributed by atoms with Gasteiger partial charge in [0.15, 0.2) is 5.82 Å². The van der Waals surface area contributed by atoms with E-state index in [0.717, 1.165) is 16.9 Å². The fourth-order valence-electron chi connectivity index (χ4n) is 4.86. The van der Waals surface area contributed by atoms with Crippen LogP contribution in [-0.2, 0) is 20.9 Å². The molecule has 2 aliphatic rings. The van der Waals surface area contributed by atoms with Gasteiger partial charge in [0, 0.05) is 42.9 Å². The van der Waals surface area contributed by atoms with Crippen molar-refractivity contribution in [3.8, 4) is 11.4 Å². The summed E-state index contributed by atoms with van der Waals surface area (Å²) in [6.45, 7) is 0.450. The number of aromatic amines is 1. The van der Waals surface area contributed by atoms with Gasteiger partial charge >= 0.3 is 17.8 Å². The first-order chi connectivity index (χ1) is 19.2. The summed E-state index contributed by atoms with van der Waals surface area (Å²) in [6, 6.07) is 13.3. The smallest absolute Gasteiger partial charge is 0.327 e. The van der Waals surface area contributed by atoms with Crippen molar-refractivity contribution in [3.63, 3.8) is 0 Å². The number of H-pyrrole nitrogens is 1. The van der Waals surface area contributed by atoms with Gasteiger partial charge in [0.2, 0.25) is 5.91 Å². The van der Waals surface area contributed by atoms with E-state index in [1.165, 1.54) is 35.0 Å². The first-order valence-electron chi connectivity index (χ1n) is 12.8. The molecule has 0 spiro atoms. The number of carbonyl (C=O) groups is 5. The molecule has 206 valence electrons. The summed E-state index contributed by atoms with van der Waals surface area (Å²) in [5.74, 6) is -1.74. The summed E-state index contributed by atoms with van der Waals surface area (Å²) in [5.41, 5.74) is 6.86. The van der Waals surface area contributed by atoms with Crippen LogP contribution in [0.1, 0.15) is 40.5 Å². The Bertz CT molecular complexity index is 1490. The lowest BCUT2D eigenvalue weighted by Gasteiger charge is -2.31. The van der Waals surface area contributed by atoms with Crippen molar-refractivity contribution in [2.24, 2.45) is 5.73 Å². The molecular weight excluding hydrogens is 516 g/mol. The summed E-state index contributed by atoms with van der Waals surface area (Å²) in [7, 11) is 1.50. The average Bonchev–Trinajstić information content (AvgIpc) is 3.55. The lowest BCUT2D eigenvalue weighted by atomic mass is 9.97. The number of rotatable bonds is 6. The lowest BCUT2D eigenvalue weighted by Crippen LogP contribution is -2.45. The minimum absolute atomic E-state index is 0.0630. The number of aromatic nitrogens is 3. The fourth-order valence-corrected chi connectivity index (χ4v) is 4.86. The fraction of sp³-hybridized carbons (Fsp3) is 0.296. The number of benzene rings is 2. The number of amides is 6. The van der Waals surface area contributed by atoms with Gasteiger partial charge in [0.05, 0.1) is 6.54 Å². The van der Waals surface area contributed by atoms with Gasteiger partial charge in [-0.3, -0.25) is 29.2 Å². The molecule has 0 aliphatic carbocycles. The third kappa shape index (κ3) is 5.39. The number of piperidine rings is 1. The van der Waals surface area contributed by atoms with Crippen LogP contribution in [0, 0.1) is 0 Å². The van der Waals surface area contributed by atoms with E-state index in [2.05, 4.69) is 20.5 Å². The number of imide groups is 1. The van der Waals surface area contributed by atoms with Crippen molar-refractivity contribution in [3.05, 3.63) is 65.5 Å². The van der Waals surface area contributed by atoms with Crippen molar-refractivity contribution in [2.45, 2.75) is 25.3 Å². The van der Waals surface area contributed by atoms with Gasteiger partial charge in [0.1, 0.15) is 12.4 Å². The maximum atomic E-state index is 13.2. The Morgan fingerprint density at radius 1 is 1.12 bits per heavy atom. The Hall–Kier alpha value is -5.07. The molecule has 13 nitrogen and oxygen atoms in total. The summed E-state index contributed by atoms with van der Waals surface area (Å²) >= 11 is 0. The highest BCUT2D eigenvalue weighted by Gasteiger charge is 2.35. The Balaban J connectivity index is 1.30. The van der Waals surface area contributed by atoms with Crippen LogP contribution in [0.3, 0.4) is 0 Å². The summed E-state index contributed by atoms with van der Waals surface area (Å²) in [4.78, 5) is 71.1. The van der Waals surface area contributed by atoms with E-state index in [9.17, 15) is 24.0 Å². The third-order valence-electron chi connectivity index (χ3n) is 7.03. The molecule has 4 N–H and O–H groups in total. The standard InChI is InChI=1S/C27H28N8O5/c1-33-15-21(36)35(27(33)40)14-18-10-9-17(22(28)37)12-20(18)29-25(38)26(39)34-11-5-8-19(13-34)24-30-23(31-32-24)16-6-3-2-4-7-16/h2-4,6-7,9-10,12,19H,5,8,11,13-15H2,1H3,(H2,28,37)(H,29,38)(H,30,31,32). The molecular formula is C27H28N8O5. The zero-order valence-electron chi connectivity index (χ0n) is 21.8. The van der Waals surface area contributed by atoms with Crippen LogP contribution < -0.4 is 11.1 Å². The molecule has 2 saturated heterocycles. The molecule has 13 heteroatoms. The predicted octanol–water partition coefficient (Wildman–Crippen LogP) is 1.31. The van der Waals surface area contributed by atoms with Crippen LogP contribution in [0.25, 0.3) is 11.4 Å². The van der Waals surface area contributed by atoms with Crippen molar-refractivity contribution >= 4 is 35.3 Å². The van der Waals surface area contributed by atoms with Crippen molar-refractivity contribution in [1.29, 1.82) is 0 Å². The monoisotopic (exact) mass is 544 g/mol. The number of anilines is 1. The van der Waals surface area contributed by atoms with E-state index in [1.807, 2.05) is 30.3 Å². The Morgan fingerprint density at radius 2 is 1.90 bits per heavy atom. The van der Waals surface area contributed by atoms with Gasteiger partial charge in [-0.05, 0) is 30.5 Å². The van der Waals surface area contributed by atoms with Crippen LogP contribution in [0.15, 0.2) is 48.5 Å². The van der Waals surface area contributed by atoms with Crippen LogP contribution >= 0.6 is 0 Å². The van der Waals surface area contributed by atoms with Crippen LogP contribution in [0.5, 0.6) is 0 Å². The van der Waals surface area contributed by atoms with Gasteiger partial charge in [-0.2, -0.15) is 5.10 Å². The third-order valence-corrected chi connectivity index (χ3v) is 7.03. The maximum absolute atomic E-state index is 13.2. The maximum Gasteiger partial charge on any atom is 0.327 e. The van der Waals surface area contributed by atoms with E-state index in [-0.39, 0.29) is 36.8 Å². The van der Waals surface area contributed by atoms with Crippen molar-refractivity contribution < 1.29 is 24.0 Å². The number of hydrogen-bond donors (Lipinski definition) is 3. The van der Waals surface area contributed by atoms with Gasteiger partial charge in [-0.15, -0.1) is 0 Å². The number of nitrogens with two attached hydrogens (primary N) is 1. The molecule has 0 saturated carbocycles. The molecule has 1 unspecified atom stereocenters. The molecule has 6 amide bonds. The van der Waals surface area contributed by atoms with Gasteiger partial charge < -0.3 is 20.9 Å². The number of likely N-dealkylation sites (N-methyl/N-ethyl adjacent to an activating group) is 1. The van der Waals surface area contributed by atoms with E-state index in [0.29, 0.717) is 30.2 Å². The number of nitrogens with one attached hydrogen (secondary N) is 2. The average molecular weight is 545 g/mol. The number of primary amides is 1. The summed E-state index contributed by atoms with van der Waals surface area (Å²) in [5, 5.41) is 9.83. The molecule has 2 aliphatic heterocycles. The van der Waals surface area contributed by atoms with E-state index in [1.54, 1.807) is 0 Å². The molecule has 1 atom stereocenters. The molecule has 2 fully saturated rings. The van der Waals surface area contributed by atoms with Crippen LogP contribution in [0.4, 0.5) is 10.5 Å². The predicted molar refractivity (Wildman–Crippen MR) is 143 cm³/mol. The van der Waals surface area contributed by atoms with E-state index in [4.69, 9.17) is 5.73 Å². The summed E-state index contributed by atoms with van der Waals surface area (Å²) in [6.07, 6.45) is 1.44. The van der Waals surface area contributed by atoms with E-state index >= 15 is 0 Å². The number of likely N-dealkylation sites (tertiary alicyclic amines) is 1. The Labute approximate surface area is 229 Å². The number of carbonyl (C=O) groups excluding carboxylic acids is 5. The first-order valence-corrected chi connectivity index (χ1v) is 12.8. The molecule has 2 aromatic carbocycles. The quantitative estimate of drug-likeness (QED) is 0.310. The number of urea groups is 1. The number of nitrogens with zero attached hydrogens (tertiary/aromatic N) is 5. The molecule has 1 aromatic heterocycles. The second-order valence-corrected chi connectivity index (χ2v) is 9.81. The van der Waals surface area contributed by atoms with Gasteiger partial charge in [0.25, 0.3) is 5.91 Å². The summed E-state index contributed by atoms with van der Waals surface area (Å²) < 4.78 is 0. The lowest BCUT2D eigenvalue weighted by molar-refractivity contribution is -0.144. The molecule has 3 aromatic rings. The second kappa shape index (κ2) is 11.0. The zero-order chi connectivity index (χ0) is 28.4. The normalized spacial score (nSPS) is 17.3. The SMILES string of the molecule is CN1CC(=O)N(Cc2ccc(C(N)=O)cc2NC(=O)C(=O)N2CCCC(c3nc(-c4ccccc4)n[nH]3)C2)C1=O. The largest absolute Gasteiger partial charge is 0.366 e. The van der Waals surface area contributed by atoms with Crippen molar-refractivity contribution in [1.82, 2.24) is 29.9 Å². The number of hydrogen-bond acceptors (Lipinski definition) is 7. The minimum Gasteiger partial charge on any atom is -0.366 e. The molecule has 3 heterocycles. The van der Waals surface area contributed by atoms with Crippen LogP contribution in [-0.4, -0.2) is 86.2 Å². The zero-order valence-corrected chi connectivity index (χ0v) is 21.8. The Morgan fingerprint density at radius 3 is 2.60 bits per heavy atom. The molecule has 0 radical (unpaired) electrons. The van der Waals surface area contributed by atoms with Crippen molar-refractivity contribution in [2.75, 3.05) is 32.0 Å². The second-order valence-electron chi connectivity index (χ2n) is 9.81. The highest BCUT2D eigenvalue weighted by Crippen LogP contribution is 2.27. The topological polar surface area (TPSA) is 175 Å². The highest BCUT2D eigenvalue weighted by atomic mass is 16.2. The molecule has 40 heavy (non-hydrogen) atoms. The first kappa shape index (κ1) is 26.5. The van der Waals surface area contributed by atoms with Gasteiger partial charge in [-0.1, -0.05) is 36.4 Å². The minimum atomic E-state index is -0.915. The molecule has 0 bridgehead atoms. The van der Waals surface area contributed by atoms with Gasteiger partial charge in [-0.25, -0.2) is 9.78 Å². The van der Waals surface area contributed by atoms with E-state index < -0.39 is 29.7 Å². The molecule has 5 rings (SSSR count). The Kier molecular flexibility index (Phi) is 7.27. The van der Waals surface area contributed by atoms with Crippen LogP contribution in [0.2, 0.25) is 0 Å².